The summed E-state index contributed by atoms with van der Waals surface area (Å²) in [5.41, 5.74) is 3.16. The SMILES string of the molecule is CCOC(=O)c1nn(COCC[Si](C)(C)C)cc1C(Nc1ccc2c(c1)ncn2COCC[Si](C)(C)C)c1ccc(N2CCC(F)(F)C2)cc1F. The maximum absolute atomic E-state index is 16.2. The van der Waals surface area contributed by atoms with E-state index in [9.17, 15) is 13.6 Å². The van der Waals surface area contributed by atoms with Gasteiger partial charge in [0.15, 0.2) is 5.69 Å². The Morgan fingerprint density at radius 1 is 0.980 bits per heavy atom. The van der Waals surface area contributed by atoms with Crippen LogP contribution in [0.25, 0.3) is 11.0 Å². The first-order chi connectivity index (χ1) is 24.0. The van der Waals surface area contributed by atoms with Crippen molar-refractivity contribution in [3.63, 3.8) is 0 Å². The van der Waals surface area contributed by atoms with Crippen molar-refractivity contribution < 1.29 is 32.2 Å². The number of nitrogens with zero attached hydrogens (tertiary/aromatic N) is 5. The summed E-state index contributed by atoms with van der Waals surface area (Å²) in [5.74, 6) is -4.10. The molecule has 0 bridgehead atoms. The van der Waals surface area contributed by atoms with E-state index >= 15 is 4.39 Å². The van der Waals surface area contributed by atoms with Crippen molar-refractivity contribution >= 4 is 44.5 Å². The number of rotatable bonds is 17. The van der Waals surface area contributed by atoms with Crippen molar-refractivity contribution in [1.82, 2.24) is 19.3 Å². The number of fused-ring (bicyclic) bond motifs is 1. The first-order valence-corrected chi connectivity index (χ1v) is 25.0. The highest BCUT2D eigenvalue weighted by Gasteiger charge is 2.38. The molecule has 15 heteroatoms. The van der Waals surface area contributed by atoms with Crippen molar-refractivity contribution in [3.05, 3.63) is 71.6 Å². The Hall–Kier alpha value is -3.67. The predicted octanol–water partition coefficient (Wildman–Crippen LogP) is 8.22. The van der Waals surface area contributed by atoms with Crippen molar-refractivity contribution in [2.24, 2.45) is 0 Å². The lowest BCUT2D eigenvalue weighted by atomic mass is 9.97. The molecule has 1 N–H and O–H groups in total. The lowest BCUT2D eigenvalue weighted by Gasteiger charge is -2.23. The first kappa shape index (κ1) is 38.6. The number of ether oxygens (including phenoxy) is 3. The molecule has 1 aliphatic rings. The Morgan fingerprint density at radius 3 is 2.31 bits per heavy atom. The quantitative estimate of drug-likeness (QED) is 0.0657. The van der Waals surface area contributed by atoms with Crippen LogP contribution in [0, 0.1) is 5.82 Å². The van der Waals surface area contributed by atoms with E-state index in [1.54, 1.807) is 31.6 Å². The molecule has 1 atom stereocenters. The van der Waals surface area contributed by atoms with Crippen LogP contribution in [0.15, 0.2) is 48.9 Å². The Labute approximate surface area is 300 Å². The molecule has 4 aromatic rings. The van der Waals surface area contributed by atoms with Gasteiger partial charge in [-0.05, 0) is 49.3 Å². The molecule has 0 spiro atoms. The largest absolute Gasteiger partial charge is 0.461 e. The van der Waals surface area contributed by atoms with Gasteiger partial charge in [-0.1, -0.05) is 45.3 Å². The maximum atomic E-state index is 16.2. The number of esters is 1. The van der Waals surface area contributed by atoms with E-state index in [0.717, 1.165) is 17.6 Å². The zero-order chi connectivity index (χ0) is 37.0. The first-order valence-electron chi connectivity index (χ1n) is 17.6. The van der Waals surface area contributed by atoms with Crippen molar-refractivity contribution in [1.29, 1.82) is 0 Å². The van der Waals surface area contributed by atoms with Crippen LogP contribution in [0.5, 0.6) is 0 Å². The standard InChI is InChI=1S/C36H51F3N6O4Si2/c1-8-49-35(46)34-29(21-45(42-34)25-48-16-18-51(5,6)7)33(28-11-10-27(20-30(28)37)43-14-13-36(38,39)22-43)41-26-9-12-32-31(19-26)40-23-44(32)24-47-15-17-50(2,3)4/h9-12,19-21,23,33,41H,8,13-18,22,24-25H2,1-7H3. The molecule has 1 unspecified atom stereocenters. The number of halogens is 3. The van der Waals surface area contributed by atoms with E-state index in [1.807, 2.05) is 22.8 Å². The Bertz CT molecular complexity index is 1800. The number of carbonyl (C=O) groups is 1. The molecule has 3 heterocycles. The van der Waals surface area contributed by atoms with Gasteiger partial charge in [-0.25, -0.2) is 27.6 Å². The van der Waals surface area contributed by atoms with Crippen LogP contribution in [0.1, 0.15) is 41.0 Å². The second-order valence-corrected chi connectivity index (χ2v) is 26.9. The van der Waals surface area contributed by atoms with E-state index in [-0.39, 0.29) is 37.6 Å². The highest BCUT2D eigenvalue weighted by molar-refractivity contribution is 6.76. The van der Waals surface area contributed by atoms with E-state index in [1.165, 1.54) is 15.6 Å². The number of carbonyl (C=O) groups excluding carboxylic acids is 1. The fraction of sp³-hybridized carbons (Fsp3) is 0.528. The van der Waals surface area contributed by atoms with Gasteiger partial charge in [-0.3, -0.25) is 0 Å². The average Bonchev–Trinajstić information content (AvgIpc) is 3.76. The van der Waals surface area contributed by atoms with Gasteiger partial charge in [-0.2, -0.15) is 5.10 Å². The van der Waals surface area contributed by atoms with E-state index in [2.05, 4.69) is 54.7 Å². The molecule has 2 aromatic heterocycles. The summed E-state index contributed by atoms with van der Waals surface area (Å²) in [6.45, 7) is 16.9. The zero-order valence-corrected chi connectivity index (χ0v) is 32.8. The molecule has 10 nitrogen and oxygen atoms in total. The minimum absolute atomic E-state index is 0.0200. The van der Waals surface area contributed by atoms with Crippen LogP contribution < -0.4 is 10.2 Å². The predicted molar refractivity (Wildman–Crippen MR) is 200 cm³/mol. The smallest absolute Gasteiger partial charge is 0.359 e. The molecule has 5 rings (SSSR count). The second kappa shape index (κ2) is 15.9. The number of nitrogens with one attached hydrogen (secondary N) is 1. The van der Waals surface area contributed by atoms with Crippen LogP contribution in [0.2, 0.25) is 51.4 Å². The minimum Gasteiger partial charge on any atom is -0.461 e. The number of benzene rings is 2. The van der Waals surface area contributed by atoms with Gasteiger partial charge in [0, 0.05) is 71.0 Å². The number of anilines is 2. The fourth-order valence-electron chi connectivity index (χ4n) is 5.80. The summed E-state index contributed by atoms with van der Waals surface area (Å²) in [6.07, 6.45) is 3.11. The summed E-state index contributed by atoms with van der Waals surface area (Å²) in [7, 11) is -2.56. The van der Waals surface area contributed by atoms with Crippen LogP contribution in [0.4, 0.5) is 24.5 Å². The molecule has 0 radical (unpaired) electrons. The van der Waals surface area contributed by atoms with Gasteiger partial charge in [-0.15, -0.1) is 0 Å². The molecule has 1 fully saturated rings. The number of aromatic nitrogens is 4. The monoisotopic (exact) mass is 744 g/mol. The van der Waals surface area contributed by atoms with Gasteiger partial charge in [0.25, 0.3) is 5.92 Å². The van der Waals surface area contributed by atoms with Crippen molar-refractivity contribution in [2.45, 2.75) is 90.1 Å². The van der Waals surface area contributed by atoms with Gasteiger partial charge in [0.2, 0.25) is 0 Å². The maximum Gasteiger partial charge on any atom is 0.359 e. The highest BCUT2D eigenvalue weighted by atomic mass is 28.3. The highest BCUT2D eigenvalue weighted by Crippen LogP contribution is 2.36. The minimum atomic E-state index is -2.83. The van der Waals surface area contributed by atoms with Crippen LogP contribution in [-0.2, 0) is 27.7 Å². The van der Waals surface area contributed by atoms with E-state index in [4.69, 9.17) is 14.2 Å². The number of alkyl halides is 2. The van der Waals surface area contributed by atoms with Crippen LogP contribution in [-0.4, -0.2) is 80.3 Å². The Morgan fingerprint density at radius 2 is 1.69 bits per heavy atom. The van der Waals surface area contributed by atoms with Gasteiger partial charge >= 0.3 is 5.97 Å². The third-order valence-corrected chi connectivity index (χ3v) is 12.2. The summed E-state index contributed by atoms with van der Waals surface area (Å²) in [5, 5.41) is 7.94. The number of hydrogen-bond acceptors (Lipinski definition) is 8. The van der Waals surface area contributed by atoms with Gasteiger partial charge in [0.1, 0.15) is 19.3 Å². The Balaban J connectivity index is 1.48. The molecular weight excluding hydrogens is 694 g/mol. The van der Waals surface area contributed by atoms with Gasteiger partial charge in [0.05, 0.1) is 36.6 Å². The molecule has 51 heavy (non-hydrogen) atoms. The van der Waals surface area contributed by atoms with Crippen molar-refractivity contribution in [2.75, 3.05) is 43.1 Å². The molecule has 2 aromatic carbocycles. The fourth-order valence-corrected chi connectivity index (χ4v) is 7.31. The van der Waals surface area contributed by atoms with E-state index in [0.29, 0.717) is 42.4 Å². The number of imidazole rings is 1. The normalized spacial score (nSPS) is 15.5. The van der Waals surface area contributed by atoms with Gasteiger partial charge < -0.3 is 29.0 Å². The molecule has 1 saturated heterocycles. The van der Waals surface area contributed by atoms with Crippen molar-refractivity contribution in [3.8, 4) is 0 Å². The molecule has 0 amide bonds. The molecular formula is C36H51F3N6O4Si2. The molecule has 1 aliphatic heterocycles. The number of hydrogen-bond donors (Lipinski definition) is 1. The summed E-state index contributed by atoms with van der Waals surface area (Å²) < 4.78 is 65.0. The van der Waals surface area contributed by atoms with Crippen LogP contribution in [0.3, 0.4) is 0 Å². The van der Waals surface area contributed by atoms with E-state index < -0.39 is 46.4 Å². The molecule has 0 aliphatic carbocycles. The zero-order valence-electron chi connectivity index (χ0n) is 30.8. The lowest BCUT2D eigenvalue weighted by molar-refractivity contribution is 0.0257. The molecule has 0 saturated carbocycles. The third-order valence-electron chi connectivity index (χ3n) is 8.78. The Kier molecular flexibility index (Phi) is 12.0. The topological polar surface area (TPSA) is 95.7 Å². The lowest BCUT2D eigenvalue weighted by Crippen LogP contribution is -2.25. The van der Waals surface area contributed by atoms with Crippen LogP contribution >= 0.6 is 0 Å². The molecule has 278 valence electrons. The summed E-state index contributed by atoms with van der Waals surface area (Å²) in [6, 6.07) is 11.2. The third kappa shape index (κ3) is 10.5. The average molecular weight is 745 g/mol. The second-order valence-electron chi connectivity index (χ2n) is 15.6. The summed E-state index contributed by atoms with van der Waals surface area (Å²) >= 11 is 0. The summed E-state index contributed by atoms with van der Waals surface area (Å²) in [4.78, 5) is 19.4.